The van der Waals surface area contributed by atoms with Crippen LogP contribution in [-0.2, 0) is 22.7 Å². The van der Waals surface area contributed by atoms with Crippen molar-refractivity contribution in [3.05, 3.63) is 191 Å². The average molecular weight is 709 g/mol. The van der Waals surface area contributed by atoms with Crippen LogP contribution in [0.3, 0.4) is 0 Å². The first-order valence-corrected chi connectivity index (χ1v) is 18.5. The van der Waals surface area contributed by atoms with Crippen LogP contribution in [0.2, 0.25) is 0 Å². The van der Waals surface area contributed by atoms with Crippen molar-refractivity contribution >= 4 is 34.1 Å². The molecule has 7 aromatic rings. The van der Waals surface area contributed by atoms with Crippen LogP contribution in [0.15, 0.2) is 158 Å². The summed E-state index contributed by atoms with van der Waals surface area (Å²) >= 11 is 0. The van der Waals surface area contributed by atoms with Gasteiger partial charge in [-0.2, -0.15) is 0 Å². The molecule has 0 aliphatic carbocycles. The maximum atomic E-state index is 5.35. The number of ether oxygens (including phenoxy) is 2. The lowest BCUT2D eigenvalue weighted by atomic mass is 9.99. The molecule has 4 heteroatoms. The van der Waals surface area contributed by atoms with E-state index in [9.17, 15) is 0 Å². The van der Waals surface area contributed by atoms with Crippen molar-refractivity contribution in [1.82, 2.24) is 0 Å². The van der Waals surface area contributed by atoms with Crippen LogP contribution in [0.4, 0.5) is 34.1 Å². The van der Waals surface area contributed by atoms with Crippen LogP contribution in [0, 0.1) is 27.7 Å². The lowest BCUT2D eigenvalue weighted by Gasteiger charge is -2.26. The van der Waals surface area contributed by atoms with Crippen molar-refractivity contribution in [1.29, 1.82) is 0 Å². The Balaban J connectivity index is 1.13. The first-order valence-electron chi connectivity index (χ1n) is 18.5. The normalized spacial score (nSPS) is 11.1. The van der Waals surface area contributed by atoms with E-state index in [1.54, 1.807) is 14.2 Å². The summed E-state index contributed by atoms with van der Waals surface area (Å²) in [7, 11) is 3.46. The topological polar surface area (TPSA) is 24.9 Å². The molecule has 0 aromatic heterocycles. The van der Waals surface area contributed by atoms with Gasteiger partial charge in [0.2, 0.25) is 0 Å². The zero-order chi connectivity index (χ0) is 37.6. The second kappa shape index (κ2) is 16.4. The van der Waals surface area contributed by atoms with Gasteiger partial charge in [-0.1, -0.05) is 84.9 Å². The van der Waals surface area contributed by atoms with Gasteiger partial charge in [0, 0.05) is 48.3 Å². The minimum atomic E-state index is 0.597. The molecule has 0 aliphatic heterocycles. The molecule has 0 N–H and O–H groups in total. The predicted molar refractivity (Wildman–Crippen MR) is 227 cm³/mol. The number of aryl methyl sites for hydroxylation is 4. The zero-order valence-corrected chi connectivity index (χ0v) is 32.1. The van der Waals surface area contributed by atoms with Gasteiger partial charge in [0.25, 0.3) is 0 Å². The molecule has 54 heavy (non-hydrogen) atoms. The smallest absolute Gasteiger partial charge is 0.0713 e. The van der Waals surface area contributed by atoms with Gasteiger partial charge >= 0.3 is 0 Å². The third-order valence-corrected chi connectivity index (χ3v) is 10.3. The van der Waals surface area contributed by atoms with Crippen LogP contribution in [0.5, 0.6) is 0 Å². The van der Waals surface area contributed by atoms with Gasteiger partial charge < -0.3 is 19.3 Å². The van der Waals surface area contributed by atoms with Gasteiger partial charge in [-0.15, -0.1) is 0 Å². The van der Waals surface area contributed by atoms with Gasteiger partial charge in [0.15, 0.2) is 0 Å². The van der Waals surface area contributed by atoms with Crippen LogP contribution in [0.25, 0.3) is 22.3 Å². The predicted octanol–water partition coefficient (Wildman–Crippen LogP) is 13.5. The van der Waals surface area contributed by atoms with Crippen molar-refractivity contribution < 1.29 is 9.47 Å². The highest BCUT2D eigenvalue weighted by atomic mass is 16.5. The highest BCUT2D eigenvalue weighted by Crippen LogP contribution is 2.39. The Bertz CT molecular complexity index is 2140. The molecular weight excluding hydrogens is 661 g/mol. The fourth-order valence-corrected chi connectivity index (χ4v) is 6.90. The Morgan fingerprint density at radius 1 is 0.315 bits per heavy atom. The Hall–Kier alpha value is -5.94. The number of anilines is 6. The monoisotopic (exact) mass is 708 g/mol. The van der Waals surface area contributed by atoms with E-state index in [1.807, 2.05) is 0 Å². The third-order valence-electron chi connectivity index (χ3n) is 10.3. The number of hydrogen-bond donors (Lipinski definition) is 0. The van der Waals surface area contributed by atoms with Crippen LogP contribution in [-0.4, -0.2) is 14.2 Å². The lowest BCUT2D eigenvalue weighted by Crippen LogP contribution is -2.10. The van der Waals surface area contributed by atoms with Crippen molar-refractivity contribution in [2.75, 3.05) is 24.0 Å². The Morgan fingerprint density at radius 3 is 0.852 bits per heavy atom. The number of rotatable bonds is 12. The Morgan fingerprint density at radius 2 is 0.574 bits per heavy atom. The summed E-state index contributed by atoms with van der Waals surface area (Å²) in [6.07, 6.45) is 0. The Labute approximate surface area is 320 Å². The quantitative estimate of drug-likeness (QED) is 0.126. The molecule has 0 bridgehead atoms. The van der Waals surface area contributed by atoms with E-state index < -0.39 is 0 Å². The first kappa shape index (κ1) is 36.4. The van der Waals surface area contributed by atoms with Gasteiger partial charge in [-0.25, -0.2) is 0 Å². The van der Waals surface area contributed by atoms with Crippen LogP contribution in [0.1, 0.15) is 33.4 Å². The zero-order valence-electron chi connectivity index (χ0n) is 32.1. The van der Waals surface area contributed by atoms with Crippen molar-refractivity contribution in [3.63, 3.8) is 0 Å². The largest absolute Gasteiger partial charge is 0.380 e. The maximum absolute atomic E-state index is 5.35. The second-order valence-electron chi connectivity index (χ2n) is 14.1. The number of hydrogen-bond acceptors (Lipinski definition) is 4. The standard InChI is InChI=1S/C50H48N2O2/c1-35-7-21-49(31-37(35)3)51(45-23-9-39(10-24-45)33-53-5)47-27-17-43(18-28-47)41-13-15-42(16-14-41)44-19-29-48(30-20-44)52(50-22-8-36(2)38(4)32-50)46-25-11-40(12-26-46)34-54-6/h7-32H,33-34H2,1-6H3. The van der Waals surface area contributed by atoms with E-state index in [2.05, 4.69) is 195 Å². The molecule has 0 heterocycles. The second-order valence-corrected chi connectivity index (χ2v) is 14.1. The molecule has 270 valence electrons. The van der Waals surface area contributed by atoms with Crippen LogP contribution < -0.4 is 9.80 Å². The van der Waals surface area contributed by atoms with Crippen LogP contribution >= 0.6 is 0 Å². The molecule has 7 rings (SSSR count). The molecule has 0 unspecified atom stereocenters. The lowest BCUT2D eigenvalue weighted by molar-refractivity contribution is 0.185. The summed E-state index contributed by atoms with van der Waals surface area (Å²) in [5, 5.41) is 0. The molecule has 4 nitrogen and oxygen atoms in total. The molecule has 0 saturated carbocycles. The highest BCUT2D eigenvalue weighted by molar-refractivity contribution is 5.81. The van der Waals surface area contributed by atoms with Gasteiger partial charge in [-0.3, -0.25) is 0 Å². The number of nitrogens with zero attached hydrogens (tertiary/aromatic N) is 2. The molecule has 0 fully saturated rings. The van der Waals surface area contributed by atoms with Gasteiger partial charge in [-0.05, 0) is 156 Å². The van der Waals surface area contributed by atoms with E-state index in [0.717, 1.165) is 45.3 Å². The van der Waals surface area contributed by atoms with Gasteiger partial charge in [0.05, 0.1) is 13.2 Å². The molecule has 0 radical (unpaired) electrons. The highest BCUT2D eigenvalue weighted by Gasteiger charge is 2.16. The molecule has 0 aliphatic rings. The summed E-state index contributed by atoms with van der Waals surface area (Å²) in [5.74, 6) is 0. The average Bonchev–Trinajstić information content (AvgIpc) is 3.20. The molecule has 0 atom stereocenters. The number of benzene rings is 7. The van der Waals surface area contributed by atoms with E-state index in [1.165, 1.54) is 44.5 Å². The molecule has 0 saturated heterocycles. The minimum absolute atomic E-state index is 0.597. The third kappa shape index (κ3) is 8.01. The molecular formula is C50H48N2O2. The van der Waals surface area contributed by atoms with Crippen molar-refractivity contribution in [2.24, 2.45) is 0 Å². The first-order chi connectivity index (χ1) is 26.3. The fraction of sp³-hybridized carbons (Fsp3) is 0.160. The summed E-state index contributed by atoms with van der Waals surface area (Å²) in [6.45, 7) is 9.85. The summed E-state index contributed by atoms with van der Waals surface area (Å²) in [6, 6.07) is 57.2. The van der Waals surface area contributed by atoms with Crippen molar-refractivity contribution in [3.8, 4) is 22.3 Å². The van der Waals surface area contributed by atoms with Gasteiger partial charge in [0.1, 0.15) is 0 Å². The summed E-state index contributed by atoms with van der Waals surface area (Å²) in [4.78, 5) is 4.63. The van der Waals surface area contributed by atoms with Crippen molar-refractivity contribution in [2.45, 2.75) is 40.9 Å². The molecule has 7 aromatic carbocycles. The summed E-state index contributed by atoms with van der Waals surface area (Å²) < 4.78 is 10.7. The fourth-order valence-electron chi connectivity index (χ4n) is 6.90. The van der Waals surface area contributed by atoms with E-state index in [4.69, 9.17) is 9.47 Å². The molecule has 0 spiro atoms. The minimum Gasteiger partial charge on any atom is -0.380 e. The van der Waals surface area contributed by atoms with E-state index >= 15 is 0 Å². The van der Waals surface area contributed by atoms with E-state index in [-0.39, 0.29) is 0 Å². The number of methoxy groups -OCH3 is 2. The Kier molecular flexibility index (Phi) is 11.1. The SMILES string of the molecule is COCc1ccc(N(c2ccc(-c3ccc(-c4ccc(N(c5ccc(COC)cc5)c5ccc(C)c(C)c5)cc4)cc3)cc2)c2ccc(C)c(C)c2)cc1. The van der Waals surface area contributed by atoms with E-state index in [0.29, 0.717) is 13.2 Å². The molecule has 0 amide bonds. The maximum Gasteiger partial charge on any atom is 0.0713 e. The summed E-state index contributed by atoms with van der Waals surface area (Å²) in [5.41, 5.74) is 18.8.